The number of methoxy groups -OCH3 is 1. The Morgan fingerprint density at radius 3 is 3.06 bits per heavy atom. The van der Waals surface area contributed by atoms with Crippen LogP contribution < -0.4 is 10.5 Å². The van der Waals surface area contributed by atoms with Crippen LogP contribution in [-0.4, -0.2) is 39.8 Å². The van der Waals surface area contributed by atoms with E-state index in [1.165, 1.54) is 6.33 Å². The first-order valence-electron chi connectivity index (χ1n) is 4.83. The van der Waals surface area contributed by atoms with E-state index in [0.717, 1.165) is 0 Å². The Morgan fingerprint density at radius 1 is 1.50 bits per heavy atom. The van der Waals surface area contributed by atoms with Crippen LogP contribution in [0.25, 0.3) is 11.2 Å². The van der Waals surface area contributed by atoms with Crippen molar-refractivity contribution < 1.29 is 9.47 Å². The minimum Gasteiger partial charge on any atom is -0.471 e. The maximum absolute atomic E-state index is 5.58. The van der Waals surface area contributed by atoms with Crippen LogP contribution in [0, 0.1) is 0 Å². The monoisotopic (exact) mass is 223 g/mol. The number of nitrogens with one attached hydrogen (secondary N) is 1. The fraction of sp³-hybridized carbons (Fsp3) is 0.444. The van der Waals surface area contributed by atoms with Crippen molar-refractivity contribution in [2.75, 3.05) is 19.5 Å². The Morgan fingerprint density at radius 2 is 2.31 bits per heavy atom. The molecule has 0 aliphatic heterocycles. The van der Waals surface area contributed by atoms with E-state index in [-0.39, 0.29) is 12.1 Å². The lowest BCUT2D eigenvalue weighted by Gasteiger charge is -2.12. The number of hydrogen-bond acceptors (Lipinski definition) is 6. The predicted molar refractivity (Wildman–Crippen MR) is 58.1 cm³/mol. The molecule has 0 aliphatic carbocycles. The molecule has 1 unspecified atom stereocenters. The second-order valence-electron chi connectivity index (χ2n) is 3.37. The van der Waals surface area contributed by atoms with Gasteiger partial charge in [-0.25, -0.2) is 4.98 Å². The van der Waals surface area contributed by atoms with Crippen LogP contribution in [0.5, 0.6) is 5.88 Å². The number of imidazole rings is 1. The van der Waals surface area contributed by atoms with Crippen molar-refractivity contribution >= 4 is 17.1 Å². The predicted octanol–water partition coefficient (Wildman–Crippen LogP) is 0.349. The second-order valence-corrected chi connectivity index (χ2v) is 3.37. The van der Waals surface area contributed by atoms with Crippen LogP contribution in [0.2, 0.25) is 0 Å². The largest absolute Gasteiger partial charge is 0.471 e. The molecule has 86 valence electrons. The molecule has 7 heteroatoms. The van der Waals surface area contributed by atoms with Crippen LogP contribution >= 0.6 is 0 Å². The smallest absolute Gasteiger partial charge is 0.245 e. The van der Waals surface area contributed by atoms with E-state index < -0.39 is 0 Å². The zero-order valence-corrected chi connectivity index (χ0v) is 9.10. The minimum absolute atomic E-state index is 0.120. The van der Waals surface area contributed by atoms with Crippen LogP contribution in [-0.2, 0) is 4.74 Å². The summed E-state index contributed by atoms with van der Waals surface area (Å²) in [6, 6.07) is 0. The molecule has 0 saturated carbocycles. The van der Waals surface area contributed by atoms with Crippen molar-refractivity contribution in [2.45, 2.75) is 13.0 Å². The van der Waals surface area contributed by atoms with Crippen LogP contribution in [0.15, 0.2) is 6.33 Å². The third-order valence-corrected chi connectivity index (χ3v) is 1.98. The molecule has 0 aromatic carbocycles. The Labute approximate surface area is 92.0 Å². The highest BCUT2D eigenvalue weighted by atomic mass is 16.5. The highest BCUT2D eigenvalue weighted by molar-refractivity contribution is 5.76. The van der Waals surface area contributed by atoms with Gasteiger partial charge in [-0.1, -0.05) is 0 Å². The van der Waals surface area contributed by atoms with Gasteiger partial charge in [0.15, 0.2) is 5.65 Å². The number of nitrogens with zero attached hydrogens (tertiary/aromatic N) is 3. The van der Waals surface area contributed by atoms with Gasteiger partial charge in [-0.15, -0.1) is 0 Å². The fourth-order valence-electron chi connectivity index (χ4n) is 1.37. The number of hydrogen-bond donors (Lipinski definition) is 2. The maximum Gasteiger partial charge on any atom is 0.245 e. The molecule has 0 bridgehead atoms. The lowest BCUT2D eigenvalue weighted by molar-refractivity contribution is 0.0900. The molecule has 2 aromatic rings. The number of ether oxygens (including phenoxy) is 2. The number of nitrogen functional groups attached to an aromatic ring is 1. The fourth-order valence-corrected chi connectivity index (χ4v) is 1.37. The Balaban J connectivity index is 2.31. The summed E-state index contributed by atoms with van der Waals surface area (Å²) in [6.45, 7) is 2.35. The average molecular weight is 223 g/mol. The van der Waals surface area contributed by atoms with E-state index >= 15 is 0 Å². The third-order valence-electron chi connectivity index (χ3n) is 1.98. The first-order chi connectivity index (χ1) is 7.70. The molecule has 0 radical (unpaired) electrons. The molecule has 2 heterocycles. The summed E-state index contributed by atoms with van der Waals surface area (Å²) >= 11 is 0. The Hall–Kier alpha value is -1.89. The lowest BCUT2D eigenvalue weighted by Crippen LogP contribution is -2.19. The van der Waals surface area contributed by atoms with Gasteiger partial charge >= 0.3 is 0 Å². The highest BCUT2D eigenvalue weighted by Gasteiger charge is 2.12. The van der Waals surface area contributed by atoms with Crippen molar-refractivity contribution in [1.29, 1.82) is 0 Å². The zero-order valence-electron chi connectivity index (χ0n) is 9.10. The molecule has 0 amide bonds. The Bertz CT molecular complexity index is 484. The molecule has 2 aromatic heterocycles. The van der Waals surface area contributed by atoms with E-state index in [4.69, 9.17) is 15.2 Å². The maximum atomic E-state index is 5.58. The molecule has 1 atom stereocenters. The molecule has 0 fully saturated rings. The SMILES string of the molecule is COCC(C)Oc1nc(N)nc2nc[nH]c12. The van der Waals surface area contributed by atoms with E-state index in [1.54, 1.807) is 7.11 Å². The van der Waals surface area contributed by atoms with Gasteiger partial charge in [-0.05, 0) is 6.92 Å². The van der Waals surface area contributed by atoms with Gasteiger partial charge in [0.25, 0.3) is 0 Å². The summed E-state index contributed by atoms with van der Waals surface area (Å²) in [5.74, 6) is 0.531. The standard InChI is InChI=1S/C9H13N5O2/c1-5(3-15-2)16-8-6-7(12-4-11-6)13-9(10)14-8/h4-5H,3H2,1-2H3,(H3,10,11,12,13,14). The quantitative estimate of drug-likeness (QED) is 0.775. The first-order valence-corrected chi connectivity index (χ1v) is 4.83. The number of H-pyrrole nitrogens is 1. The summed E-state index contributed by atoms with van der Waals surface area (Å²) < 4.78 is 10.6. The van der Waals surface area contributed by atoms with Gasteiger partial charge in [-0.2, -0.15) is 9.97 Å². The van der Waals surface area contributed by atoms with Crippen LogP contribution in [0.1, 0.15) is 6.92 Å². The first kappa shape index (κ1) is 10.6. The number of nitrogens with two attached hydrogens (primary N) is 1. The van der Waals surface area contributed by atoms with Gasteiger partial charge in [0.1, 0.15) is 11.6 Å². The van der Waals surface area contributed by atoms with E-state index in [1.807, 2.05) is 6.92 Å². The molecule has 0 aliphatic rings. The average Bonchev–Trinajstić information content (AvgIpc) is 2.65. The highest BCUT2D eigenvalue weighted by Crippen LogP contribution is 2.20. The van der Waals surface area contributed by atoms with Crippen LogP contribution in [0.4, 0.5) is 5.95 Å². The summed E-state index contributed by atoms with van der Waals surface area (Å²) in [5, 5.41) is 0. The van der Waals surface area contributed by atoms with Gasteiger partial charge in [-0.3, -0.25) is 0 Å². The summed E-state index contributed by atoms with van der Waals surface area (Å²) in [5.41, 5.74) is 6.68. The van der Waals surface area contributed by atoms with E-state index in [0.29, 0.717) is 23.7 Å². The number of anilines is 1. The van der Waals surface area contributed by atoms with Gasteiger partial charge in [0, 0.05) is 7.11 Å². The number of rotatable bonds is 4. The molecular weight excluding hydrogens is 210 g/mol. The van der Waals surface area contributed by atoms with Crippen molar-refractivity contribution in [2.24, 2.45) is 0 Å². The van der Waals surface area contributed by atoms with Crippen molar-refractivity contribution in [3.05, 3.63) is 6.33 Å². The summed E-state index contributed by atoms with van der Waals surface area (Å²) in [7, 11) is 1.61. The van der Waals surface area contributed by atoms with Gasteiger partial charge in [0.05, 0.1) is 12.9 Å². The van der Waals surface area contributed by atoms with Crippen LogP contribution in [0.3, 0.4) is 0 Å². The molecular formula is C9H13N5O2. The van der Waals surface area contributed by atoms with E-state index in [2.05, 4.69) is 19.9 Å². The molecule has 7 nitrogen and oxygen atoms in total. The molecule has 16 heavy (non-hydrogen) atoms. The third kappa shape index (κ3) is 2.03. The van der Waals surface area contributed by atoms with Crippen molar-refractivity contribution in [3.63, 3.8) is 0 Å². The topological polar surface area (TPSA) is 98.9 Å². The summed E-state index contributed by atoms with van der Waals surface area (Å²) in [4.78, 5) is 14.9. The molecule has 2 rings (SSSR count). The van der Waals surface area contributed by atoms with E-state index in [9.17, 15) is 0 Å². The molecule has 0 spiro atoms. The summed E-state index contributed by atoms with van der Waals surface area (Å²) in [6.07, 6.45) is 1.40. The molecule has 3 N–H and O–H groups in total. The second kappa shape index (κ2) is 4.31. The molecule has 0 saturated heterocycles. The number of aromatic amines is 1. The van der Waals surface area contributed by atoms with Gasteiger partial charge in [0.2, 0.25) is 11.8 Å². The zero-order chi connectivity index (χ0) is 11.5. The minimum atomic E-state index is -0.120. The number of fused-ring (bicyclic) bond motifs is 1. The normalized spacial score (nSPS) is 12.9. The lowest BCUT2D eigenvalue weighted by atomic mass is 10.4. The van der Waals surface area contributed by atoms with Gasteiger partial charge < -0.3 is 20.2 Å². The number of aromatic nitrogens is 4. The Kier molecular flexibility index (Phi) is 2.86. The van der Waals surface area contributed by atoms with Crippen molar-refractivity contribution in [3.8, 4) is 5.88 Å². The van der Waals surface area contributed by atoms with Crippen molar-refractivity contribution in [1.82, 2.24) is 19.9 Å².